The molecule has 0 amide bonds. The van der Waals surface area contributed by atoms with Crippen molar-refractivity contribution in [2.24, 2.45) is 0 Å². The Kier molecular flexibility index (Phi) is 7.69. The van der Waals surface area contributed by atoms with Crippen LogP contribution in [0.4, 0.5) is 0 Å². The second kappa shape index (κ2) is 13.9. The number of nitriles is 1. The standard InChI is InChI=1S/C61H36N4O/c62-37-38-29-40(39-15-3-1-4-16-39)31-41(30-38)42-32-44(34-45(33-42)64-53-23-11-8-20-47(53)51-35-52-48-21-10-14-26-58(48)66-59(52)36-57(51)64)63-55-25-13-9-22-50(55)60-56(63)28-27-49-46-19-7-12-24-54(46)65(61(49)60)43-17-5-2-6-18-43/h1-36H. The maximum atomic E-state index is 10.5. The molecule has 0 aliphatic carbocycles. The predicted octanol–water partition coefficient (Wildman–Crippen LogP) is 16.1. The van der Waals surface area contributed by atoms with Gasteiger partial charge in [0, 0.05) is 66.2 Å². The minimum atomic E-state index is 0.607. The van der Waals surface area contributed by atoms with Gasteiger partial charge >= 0.3 is 0 Å². The number of fused-ring (bicyclic) bond motifs is 13. The molecule has 14 aromatic rings. The molecule has 5 nitrogen and oxygen atoms in total. The highest BCUT2D eigenvalue weighted by molar-refractivity contribution is 6.26. The van der Waals surface area contributed by atoms with Crippen LogP contribution in [-0.4, -0.2) is 13.7 Å². The number of hydrogen-bond donors (Lipinski definition) is 0. The van der Waals surface area contributed by atoms with E-state index in [1.165, 1.54) is 32.6 Å². The molecule has 14 rings (SSSR count). The smallest absolute Gasteiger partial charge is 0.137 e. The molecule has 0 aliphatic heterocycles. The molecular weight excluding hydrogens is 805 g/mol. The largest absolute Gasteiger partial charge is 0.456 e. The van der Waals surface area contributed by atoms with Gasteiger partial charge in [0.1, 0.15) is 11.2 Å². The maximum absolute atomic E-state index is 10.5. The molecular formula is C61H36N4O. The highest BCUT2D eigenvalue weighted by Gasteiger charge is 2.23. The number of nitrogens with zero attached hydrogens (tertiary/aromatic N) is 4. The SMILES string of the molecule is N#Cc1cc(-c2ccccc2)cc(-c2cc(-n3c4ccccc4c4cc5c(cc43)oc3ccccc35)cc(-n3c4ccccc4c4c3ccc3c5ccccc5n(-c5ccccc5)c34)c2)c1. The van der Waals surface area contributed by atoms with Crippen molar-refractivity contribution in [1.82, 2.24) is 13.7 Å². The summed E-state index contributed by atoms with van der Waals surface area (Å²) in [5.41, 5.74) is 16.2. The van der Waals surface area contributed by atoms with E-state index in [0.29, 0.717) is 5.56 Å². The highest BCUT2D eigenvalue weighted by Crippen LogP contribution is 2.44. The lowest BCUT2D eigenvalue weighted by Gasteiger charge is -2.17. The summed E-state index contributed by atoms with van der Waals surface area (Å²) in [6, 6.07) is 80.2. The van der Waals surface area contributed by atoms with Crippen LogP contribution in [-0.2, 0) is 0 Å². The summed E-state index contributed by atoms with van der Waals surface area (Å²) < 4.78 is 13.8. The van der Waals surface area contributed by atoms with E-state index < -0.39 is 0 Å². The Hall–Kier alpha value is -9.11. The Bertz CT molecular complexity index is 4350. The van der Waals surface area contributed by atoms with Gasteiger partial charge in [-0.15, -0.1) is 0 Å². The lowest BCUT2D eigenvalue weighted by Crippen LogP contribution is -2.00. The van der Waals surface area contributed by atoms with Crippen LogP contribution in [0.15, 0.2) is 223 Å². The van der Waals surface area contributed by atoms with Crippen molar-refractivity contribution < 1.29 is 4.42 Å². The van der Waals surface area contributed by atoms with Crippen LogP contribution in [0.25, 0.3) is 127 Å². The zero-order valence-corrected chi connectivity index (χ0v) is 35.5. The molecule has 4 heterocycles. The lowest BCUT2D eigenvalue weighted by atomic mass is 9.95. The molecule has 66 heavy (non-hydrogen) atoms. The summed E-state index contributed by atoms with van der Waals surface area (Å²) >= 11 is 0. The topological polar surface area (TPSA) is 51.7 Å². The van der Waals surface area contributed by atoms with Crippen LogP contribution in [0.5, 0.6) is 0 Å². The van der Waals surface area contributed by atoms with Crippen LogP contribution >= 0.6 is 0 Å². The van der Waals surface area contributed by atoms with E-state index in [1.807, 2.05) is 42.5 Å². The fourth-order valence-corrected chi connectivity index (χ4v) is 10.8. The third-order valence-corrected chi connectivity index (χ3v) is 13.6. The number of aromatic nitrogens is 3. The second-order valence-corrected chi connectivity index (χ2v) is 17.2. The molecule has 5 heteroatoms. The van der Waals surface area contributed by atoms with Gasteiger partial charge in [-0.3, -0.25) is 0 Å². The van der Waals surface area contributed by atoms with E-state index in [0.717, 1.165) is 94.1 Å². The van der Waals surface area contributed by atoms with E-state index >= 15 is 0 Å². The van der Waals surface area contributed by atoms with Gasteiger partial charge in [-0.05, 0) is 107 Å². The van der Waals surface area contributed by atoms with E-state index in [2.05, 4.69) is 196 Å². The summed E-state index contributed by atoms with van der Waals surface area (Å²) in [6.45, 7) is 0. The zero-order valence-electron chi connectivity index (χ0n) is 35.5. The third kappa shape index (κ3) is 5.27. The fourth-order valence-electron chi connectivity index (χ4n) is 10.8. The molecule has 0 fully saturated rings. The van der Waals surface area contributed by atoms with Gasteiger partial charge in [0.2, 0.25) is 0 Å². The molecule has 0 N–H and O–H groups in total. The Morgan fingerprint density at radius 1 is 0.318 bits per heavy atom. The Morgan fingerprint density at radius 2 is 0.879 bits per heavy atom. The number of hydrogen-bond acceptors (Lipinski definition) is 2. The molecule has 10 aromatic carbocycles. The minimum Gasteiger partial charge on any atom is -0.456 e. The predicted molar refractivity (Wildman–Crippen MR) is 272 cm³/mol. The Balaban J connectivity index is 1.11. The zero-order chi connectivity index (χ0) is 43.5. The molecule has 0 spiro atoms. The first-order valence-corrected chi connectivity index (χ1v) is 22.3. The summed E-state index contributed by atoms with van der Waals surface area (Å²) in [7, 11) is 0. The van der Waals surface area contributed by atoms with Crippen molar-refractivity contribution >= 4 is 87.4 Å². The van der Waals surface area contributed by atoms with Gasteiger partial charge in [0.15, 0.2) is 0 Å². The van der Waals surface area contributed by atoms with Gasteiger partial charge in [-0.25, -0.2) is 0 Å². The van der Waals surface area contributed by atoms with Crippen LogP contribution in [0.1, 0.15) is 5.56 Å². The summed E-state index contributed by atoms with van der Waals surface area (Å²) in [6.07, 6.45) is 0. The van der Waals surface area contributed by atoms with Crippen LogP contribution in [0.2, 0.25) is 0 Å². The normalized spacial score (nSPS) is 11.9. The van der Waals surface area contributed by atoms with E-state index in [-0.39, 0.29) is 0 Å². The molecule has 0 saturated carbocycles. The van der Waals surface area contributed by atoms with Crippen molar-refractivity contribution in [3.05, 3.63) is 224 Å². The monoisotopic (exact) mass is 840 g/mol. The van der Waals surface area contributed by atoms with Crippen molar-refractivity contribution in [2.45, 2.75) is 0 Å². The molecule has 0 unspecified atom stereocenters. The Morgan fingerprint density at radius 3 is 1.61 bits per heavy atom. The molecule has 0 radical (unpaired) electrons. The quantitative estimate of drug-likeness (QED) is 0.173. The van der Waals surface area contributed by atoms with Crippen molar-refractivity contribution in [3.8, 4) is 45.4 Å². The first-order valence-electron chi connectivity index (χ1n) is 22.3. The first kappa shape index (κ1) is 36.4. The van der Waals surface area contributed by atoms with Gasteiger partial charge < -0.3 is 18.1 Å². The second-order valence-electron chi connectivity index (χ2n) is 17.2. The van der Waals surface area contributed by atoms with Crippen molar-refractivity contribution in [2.75, 3.05) is 0 Å². The van der Waals surface area contributed by atoms with Gasteiger partial charge in [-0.2, -0.15) is 5.26 Å². The highest BCUT2D eigenvalue weighted by atomic mass is 16.3. The summed E-state index contributed by atoms with van der Waals surface area (Å²) in [5.74, 6) is 0. The van der Waals surface area contributed by atoms with Crippen molar-refractivity contribution in [1.29, 1.82) is 5.26 Å². The molecule has 0 atom stereocenters. The van der Waals surface area contributed by atoms with E-state index in [4.69, 9.17) is 4.42 Å². The van der Waals surface area contributed by atoms with Crippen LogP contribution in [0, 0.1) is 11.3 Å². The van der Waals surface area contributed by atoms with Gasteiger partial charge in [0.25, 0.3) is 0 Å². The van der Waals surface area contributed by atoms with Crippen LogP contribution < -0.4 is 0 Å². The summed E-state index contributed by atoms with van der Waals surface area (Å²) in [4.78, 5) is 0. The van der Waals surface area contributed by atoms with E-state index in [9.17, 15) is 5.26 Å². The Labute approximate surface area is 378 Å². The average molecular weight is 841 g/mol. The van der Waals surface area contributed by atoms with E-state index in [1.54, 1.807) is 0 Å². The number of benzene rings is 10. The molecule has 4 aromatic heterocycles. The van der Waals surface area contributed by atoms with Gasteiger partial charge in [-0.1, -0.05) is 127 Å². The third-order valence-electron chi connectivity index (χ3n) is 13.6. The number of rotatable bonds is 5. The number of para-hydroxylation sites is 5. The average Bonchev–Trinajstić information content (AvgIpc) is 4.12. The maximum Gasteiger partial charge on any atom is 0.137 e. The molecule has 0 saturated heterocycles. The van der Waals surface area contributed by atoms with Crippen LogP contribution in [0.3, 0.4) is 0 Å². The minimum absolute atomic E-state index is 0.607. The van der Waals surface area contributed by atoms with Gasteiger partial charge in [0.05, 0.1) is 44.7 Å². The number of furan rings is 1. The molecule has 0 aliphatic rings. The first-order chi connectivity index (χ1) is 32.7. The molecule has 306 valence electrons. The summed E-state index contributed by atoms with van der Waals surface area (Å²) in [5, 5.41) is 19.8. The van der Waals surface area contributed by atoms with Crippen molar-refractivity contribution in [3.63, 3.8) is 0 Å². The molecule has 0 bridgehead atoms. The lowest BCUT2D eigenvalue weighted by molar-refractivity contribution is 0.669. The fraction of sp³-hybridized carbons (Fsp3) is 0.